The highest BCUT2D eigenvalue weighted by Crippen LogP contribution is 2.14. The molecule has 2 aromatic carbocycles. The van der Waals surface area contributed by atoms with Crippen molar-refractivity contribution in [3.8, 4) is 0 Å². The molecule has 51 heavy (non-hydrogen) atoms. The molecule has 0 radical (unpaired) electrons. The number of carbonyl (C=O) groups is 6. The number of aromatic carboxylic acids is 1. The second kappa shape index (κ2) is 24.1. The molecule has 0 bridgehead atoms. The lowest BCUT2D eigenvalue weighted by Crippen LogP contribution is -2.27. The summed E-state index contributed by atoms with van der Waals surface area (Å²) in [6, 6.07) is 12.4. The third-order valence-electron chi connectivity index (χ3n) is 5.95. The smallest absolute Gasteiger partial charge is 0.412 e. The van der Waals surface area contributed by atoms with Crippen molar-refractivity contribution in [3.63, 3.8) is 0 Å². The Morgan fingerprint density at radius 1 is 0.627 bits per heavy atom. The largest absolute Gasteiger partial charge is 0.478 e. The molecule has 0 aliphatic heterocycles. The summed E-state index contributed by atoms with van der Waals surface area (Å²) in [7, 11) is 2.75. The lowest BCUT2D eigenvalue weighted by atomic mass is 10.2. The number of rotatable bonds is 13. The number of unbranched alkanes of at least 4 members (excludes halogenated alkanes) is 2. The molecule has 0 fully saturated rings. The van der Waals surface area contributed by atoms with Crippen LogP contribution in [0.25, 0.3) is 0 Å². The molecule has 3 amide bonds. The van der Waals surface area contributed by atoms with Crippen molar-refractivity contribution in [1.29, 1.82) is 0 Å². The fraction of sp³-hybridized carbons (Fsp3) is 0.500. The van der Waals surface area contributed by atoms with E-state index in [4.69, 9.17) is 20.3 Å². The lowest BCUT2D eigenvalue weighted by Gasteiger charge is -2.19. The summed E-state index contributed by atoms with van der Waals surface area (Å²) in [4.78, 5) is 67.1. The van der Waals surface area contributed by atoms with Crippen LogP contribution in [0.4, 0.5) is 21.0 Å². The number of carboxylic acids is 1. The van der Waals surface area contributed by atoms with E-state index in [-0.39, 0.29) is 23.4 Å². The zero-order valence-electron chi connectivity index (χ0n) is 30.9. The van der Waals surface area contributed by atoms with Gasteiger partial charge in [0.05, 0.1) is 19.8 Å². The minimum absolute atomic E-state index is 0.150. The Kier molecular flexibility index (Phi) is 21.6. The van der Waals surface area contributed by atoms with Crippen LogP contribution in [-0.4, -0.2) is 79.6 Å². The number of anilines is 2. The molecule has 0 aromatic heterocycles. The summed E-state index contributed by atoms with van der Waals surface area (Å²) >= 11 is 0. The molecule has 0 spiro atoms. The van der Waals surface area contributed by atoms with Crippen molar-refractivity contribution in [2.75, 3.05) is 37.9 Å². The number of methoxy groups -OCH3 is 2. The Morgan fingerprint density at radius 2 is 1.02 bits per heavy atom. The van der Waals surface area contributed by atoms with E-state index in [2.05, 4.69) is 25.4 Å². The standard InChI is InChI=1S/C18H26N2O5.C12H15NO4.C6H13NO2/c1-18(2,3)25-17(23)20-14-10-8-13(9-11-14)16(22)19-12-6-5-7-15(21)24-4;1-12(2,3)17-11(16)13-9-6-4-8(5-7-9)10(14)15;1-9-6(8)4-2-3-5-7/h8-11H,5-7,12H2,1-4H3,(H,19,22)(H,20,23);4-7H,1-3H3,(H,13,16)(H,14,15);2-5,7H2,1H3. The summed E-state index contributed by atoms with van der Waals surface area (Å²) in [5.41, 5.74) is 5.76. The first kappa shape index (κ1) is 45.8. The third-order valence-corrected chi connectivity index (χ3v) is 5.95. The Balaban J connectivity index is 0.000000826. The molecule has 15 nitrogen and oxygen atoms in total. The highest BCUT2D eigenvalue weighted by Gasteiger charge is 2.17. The van der Waals surface area contributed by atoms with Crippen molar-refractivity contribution in [2.45, 2.75) is 91.3 Å². The maximum Gasteiger partial charge on any atom is 0.412 e. The molecule has 0 unspecified atom stereocenters. The van der Waals surface area contributed by atoms with Gasteiger partial charge in [0.25, 0.3) is 5.91 Å². The number of nitrogens with two attached hydrogens (primary N) is 1. The Morgan fingerprint density at radius 3 is 1.37 bits per heavy atom. The maximum atomic E-state index is 12.0. The van der Waals surface area contributed by atoms with E-state index in [0.717, 1.165) is 12.8 Å². The number of carboxylic acid groups (broad SMARTS) is 1. The van der Waals surface area contributed by atoms with Crippen molar-refractivity contribution in [1.82, 2.24) is 5.32 Å². The highest BCUT2D eigenvalue weighted by molar-refractivity contribution is 5.95. The van der Waals surface area contributed by atoms with E-state index in [1.807, 2.05) is 0 Å². The predicted molar refractivity (Wildman–Crippen MR) is 193 cm³/mol. The molecule has 0 aliphatic rings. The Hall–Kier alpha value is -5.18. The highest BCUT2D eigenvalue weighted by atomic mass is 16.6. The second-order valence-corrected chi connectivity index (χ2v) is 12.8. The Labute approximate surface area is 299 Å². The summed E-state index contributed by atoms with van der Waals surface area (Å²) in [6.45, 7) is 11.8. The van der Waals surface area contributed by atoms with Crippen LogP contribution in [0.15, 0.2) is 48.5 Å². The zero-order chi connectivity index (χ0) is 39.0. The Bertz CT molecular complexity index is 1380. The normalized spacial score (nSPS) is 10.5. The molecule has 0 aliphatic carbocycles. The SMILES string of the molecule is CC(C)(C)OC(=O)Nc1ccc(C(=O)O)cc1.COC(=O)CCCCN.COC(=O)CCCCNC(=O)c1ccc(NC(=O)OC(C)(C)C)cc1. The fourth-order valence-electron chi connectivity index (χ4n) is 3.56. The van der Waals surface area contributed by atoms with Gasteiger partial charge in [-0.1, -0.05) is 0 Å². The van der Waals surface area contributed by atoms with Crippen LogP contribution < -0.4 is 21.7 Å². The van der Waals surface area contributed by atoms with Crippen LogP contribution in [0.1, 0.15) is 101 Å². The van der Waals surface area contributed by atoms with E-state index in [9.17, 15) is 28.8 Å². The van der Waals surface area contributed by atoms with E-state index in [1.165, 1.54) is 38.5 Å². The van der Waals surface area contributed by atoms with Crippen molar-refractivity contribution >= 4 is 47.4 Å². The molecular formula is C36H54N4O11. The summed E-state index contributed by atoms with van der Waals surface area (Å²) in [6.07, 6.45) is 2.81. The van der Waals surface area contributed by atoms with Gasteiger partial charge < -0.3 is 35.1 Å². The van der Waals surface area contributed by atoms with Gasteiger partial charge in [0.15, 0.2) is 0 Å². The van der Waals surface area contributed by atoms with Crippen molar-refractivity contribution < 1.29 is 52.8 Å². The number of ether oxygens (including phenoxy) is 4. The maximum absolute atomic E-state index is 12.0. The van der Waals surface area contributed by atoms with Gasteiger partial charge in [-0.15, -0.1) is 0 Å². The van der Waals surface area contributed by atoms with Gasteiger partial charge >= 0.3 is 30.1 Å². The molecule has 0 heterocycles. The minimum Gasteiger partial charge on any atom is -0.478 e. The van der Waals surface area contributed by atoms with E-state index >= 15 is 0 Å². The number of carbonyl (C=O) groups excluding carboxylic acids is 5. The predicted octanol–water partition coefficient (Wildman–Crippen LogP) is 6.13. The van der Waals surface area contributed by atoms with Crippen molar-refractivity contribution in [2.24, 2.45) is 5.73 Å². The molecule has 2 aromatic rings. The molecule has 0 atom stereocenters. The van der Waals surface area contributed by atoms with Crippen molar-refractivity contribution in [3.05, 3.63) is 59.7 Å². The molecule has 0 saturated carbocycles. The summed E-state index contributed by atoms with van der Waals surface area (Å²) in [5, 5.41) is 16.6. The monoisotopic (exact) mass is 718 g/mol. The van der Waals surface area contributed by atoms with Gasteiger partial charge in [-0.3, -0.25) is 25.0 Å². The number of amides is 3. The van der Waals surface area contributed by atoms with Gasteiger partial charge in [0.2, 0.25) is 0 Å². The molecule has 2 rings (SSSR count). The number of hydrogen-bond donors (Lipinski definition) is 5. The number of nitrogens with one attached hydrogen (secondary N) is 3. The van der Waals surface area contributed by atoms with Crippen LogP contribution in [0.2, 0.25) is 0 Å². The summed E-state index contributed by atoms with van der Waals surface area (Å²) in [5.74, 6) is -1.61. The first-order valence-corrected chi connectivity index (χ1v) is 16.4. The number of benzene rings is 2. The van der Waals surface area contributed by atoms with Gasteiger partial charge in [0, 0.05) is 36.3 Å². The first-order valence-electron chi connectivity index (χ1n) is 16.4. The quantitative estimate of drug-likeness (QED) is 0.0897. The van der Waals surface area contributed by atoms with Crippen LogP contribution in [-0.2, 0) is 28.5 Å². The van der Waals surface area contributed by atoms with Crippen LogP contribution in [0.3, 0.4) is 0 Å². The second-order valence-electron chi connectivity index (χ2n) is 12.8. The van der Waals surface area contributed by atoms with Crippen LogP contribution in [0.5, 0.6) is 0 Å². The zero-order valence-corrected chi connectivity index (χ0v) is 30.9. The topological polar surface area (TPSA) is 222 Å². The first-order chi connectivity index (χ1) is 23.8. The van der Waals surface area contributed by atoms with Crippen LogP contribution >= 0.6 is 0 Å². The number of esters is 2. The summed E-state index contributed by atoms with van der Waals surface area (Å²) < 4.78 is 19.2. The number of hydrogen-bond acceptors (Lipinski definition) is 11. The molecule has 6 N–H and O–H groups in total. The average molecular weight is 719 g/mol. The molecule has 284 valence electrons. The molecular weight excluding hydrogens is 664 g/mol. The van der Waals surface area contributed by atoms with Gasteiger partial charge in [-0.25, -0.2) is 14.4 Å². The lowest BCUT2D eigenvalue weighted by molar-refractivity contribution is -0.141. The van der Waals surface area contributed by atoms with Gasteiger partial charge in [-0.05, 0) is 122 Å². The fourth-order valence-corrected chi connectivity index (χ4v) is 3.56. The van der Waals surface area contributed by atoms with E-state index in [1.54, 1.807) is 65.8 Å². The van der Waals surface area contributed by atoms with Crippen LogP contribution in [0, 0.1) is 0 Å². The molecule has 15 heteroatoms. The van der Waals surface area contributed by atoms with E-state index in [0.29, 0.717) is 55.7 Å². The van der Waals surface area contributed by atoms with E-state index < -0.39 is 29.4 Å². The third kappa shape index (κ3) is 24.6. The minimum atomic E-state index is -1.01. The average Bonchev–Trinajstić information content (AvgIpc) is 3.03. The van der Waals surface area contributed by atoms with Gasteiger partial charge in [-0.2, -0.15) is 0 Å². The van der Waals surface area contributed by atoms with Gasteiger partial charge in [0.1, 0.15) is 11.2 Å². The molecule has 0 saturated heterocycles.